The summed E-state index contributed by atoms with van der Waals surface area (Å²) < 4.78 is 36.0. The van der Waals surface area contributed by atoms with Gasteiger partial charge in [0, 0.05) is 36.7 Å². The Bertz CT molecular complexity index is 2030. The van der Waals surface area contributed by atoms with Crippen LogP contribution in [0.1, 0.15) is 66.8 Å². The van der Waals surface area contributed by atoms with Gasteiger partial charge in [-0.2, -0.15) is 0 Å². The number of rotatable bonds is 18. The molecule has 0 spiro atoms. The lowest BCUT2D eigenvalue weighted by Crippen LogP contribution is -2.55. The zero-order valence-electron chi connectivity index (χ0n) is 35.3. The van der Waals surface area contributed by atoms with Crippen LogP contribution in [-0.4, -0.2) is 49.2 Å². The summed E-state index contributed by atoms with van der Waals surface area (Å²) in [4.78, 5) is 40.9. The van der Waals surface area contributed by atoms with Gasteiger partial charge in [-0.3, -0.25) is 0 Å². The van der Waals surface area contributed by atoms with Gasteiger partial charge in [-0.1, -0.05) is 53.1 Å². The Hall–Kier alpha value is -3.81. The van der Waals surface area contributed by atoms with E-state index in [1.807, 2.05) is 62.3 Å². The molecule has 1 aromatic heterocycles. The van der Waals surface area contributed by atoms with Crippen molar-refractivity contribution in [3.8, 4) is 0 Å². The number of aryl methyl sites for hydroxylation is 9. The summed E-state index contributed by atoms with van der Waals surface area (Å²) in [5.74, 6) is 1.62. The molecule has 0 atom stereocenters. The molecule has 0 amide bonds. The average molecular weight is 934 g/mol. The third-order valence-electron chi connectivity index (χ3n) is 9.50. The lowest BCUT2D eigenvalue weighted by molar-refractivity contribution is 0.218. The van der Waals surface area contributed by atoms with Crippen molar-refractivity contribution in [2.45, 2.75) is 99.2 Å². The van der Waals surface area contributed by atoms with Crippen LogP contribution in [0.25, 0.3) is 0 Å². The lowest BCUT2D eigenvalue weighted by atomic mass is 10.0. The third kappa shape index (κ3) is 14.1. The maximum absolute atomic E-state index is 13.6. The Morgan fingerprint density at radius 2 is 0.650 bits per heavy atom. The van der Waals surface area contributed by atoms with Gasteiger partial charge in [0.05, 0.1) is 73.0 Å². The van der Waals surface area contributed by atoms with Crippen LogP contribution >= 0.6 is 72.8 Å². The van der Waals surface area contributed by atoms with Gasteiger partial charge in [-0.25, -0.2) is 28.1 Å². The van der Waals surface area contributed by atoms with Crippen LogP contribution in [0.3, 0.4) is 0 Å². The Labute approximate surface area is 380 Å². The van der Waals surface area contributed by atoms with Gasteiger partial charge in [0.2, 0.25) is 0 Å². The van der Waals surface area contributed by atoms with Crippen LogP contribution in [0.4, 0.5) is 0 Å². The molecule has 0 aliphatic rings. The molecule has 0 aliphatic carbocycles. The summed E-state index contributed by atoms with van der Waals surface area (Å²) in [6.45, 7) is 17.1. The van der Waals surface area contributed by atoms with E-state index >= 15 is 0 Å². The minimum atomic E-state index is -0.871. The normalized spacial score (nSPS) is 10.9. The van der Waals surface area contributed by atoms with E-state index in [-0.39, 0.29) is 55.2 Å². The fraction of sp³-hybridized carbons (Fsp3) is 0.429. The molecule has 0 aliphatic heterocycles. The molecule has 12 nitrogen and oxygen atoms in total. The first-order chi connectivity index (χ1) is 28.5. The summed E-state index contributed by atoms with van der Waals surface area (Å²) in [7, 11) is 0. The summed E-state index contributed by atoms with van der Waals surface area (Å²) in [6.07, 6.45) is 0. The quantitative estimate of drug-likeness (QED) is 0.0701. The molecule has 4 rings (SSSR count). The van der Waals surface area contributed by atoms with E-state index < -0.39 is 17.1 Å². The molecule has 18 heteroatoms. The largest absolute Gasteiger partial charge is 0.454 e. The maximum atomic E-state index is 13.6. The molecule has 1 heterocycles. The van der Waals surface area contributed by atoms with Gasteiger partial charge in [0.1, 0.15) is 19.8 Å². The Kier molecular flexibility index (Phi) is 19.1. The number of hydrogen-bond donors (Lipinski definition) is 0. The van der Waals surface area contributed by atoms with Crippen molar-refractivity contribution in [3.63, 3.8) is 0 Å². The highest BCUT2D eigenvalue weighted by Gasteiger charge is 2.18. The first-order valence-corrected chi connectivity index (χ1v) is 23.0. The molecule has 0 unspecified atom stereocenters. The van der Waals surface area contributed by atoms with Gasteiger partial charge in [-0.15, -0.1) is 0 Å². The van der Waals surface area contributed by atoms with Gasteiger partial charge in [-0.05, 0) is 112 Å². The van der Waals surface area contributed by atoms with Crippen molar-refractivity contribution in [2.24, 2.45) is 0 Å². The Balaban J connectivity index is 1.39. The second kappa shape index (κ2) is 23.4. The van der Waals surface area contributed by atoms with Crippen LogP contribution in [0.5, 0.6) is 0 Å². The molecule has 0 bridgehead atoms. The molecule has 324 valence electrons. The summed E-state index contributed by atoms with van der Waals surface area (Å²) in [5.41, 5.74) is 11.2. The highest BCUT2D eigenvalue weighted by molar-refractivity contribution is 7.95. The van der Waals surface area contributed by atoms with E-state index in [1.165, 1.54) is 16.7 Å². The monoisotopic (exact) mass is 933 g/mol. The van der Waals surface area contributed by atoms with Crippen molar-refractivity contribution in [1.29, 1.82) is 0 Å². The summed E-state index contributed by atoms with van der Waals surface area (Å²) >= 11 is 19.1. The first-order valence-electron chi connectivity index (χ1n) is 19.0. The molecule has 3 aromatic carbocycles. The third-order valence-corrected chi connectivity index (χ3v) is 12.4. The van der Waals surface area contributed by atoms with Crippen molar-refractivity contribution in [1.82, 2.24) is 13.7 Å². The first kappa shape index (κ1) is 48.9. The van der Waals surface area contributed by atoms with E-state index in [0.29, 0.717) is 17.3 Å². The topological polar surface area (TPSA) is 121 Å². The number of nitrogens with zero attached hydrogens (tertiary/aromatic N) is 3. The number of ether oxygens (including phenoxy) is 3. The number of aromatic nitrogens is 3. The Morgan fingerprint density at radius 1 is 0.433 bits per heavy atom. The van der Waals surface area contributed by atoms with Gasteiger partial charge >= 0.3 is 32.8 Å². The van der Waals surface area contributed by atoms with Crippen molar-refractivity contribution < 1.29 is 26.8 Å². The van der Waals surface area contributed by atoms with E-state index in [9.17, 15) is 14.4 Å². The zero-order valence-corrected chi connectivity index (χ0v) is 40.2. The minimum absolute atomic E-state index is 0.163. The van der Waals surface area contributed by atoms with Gasteiger partial charge in [0.25, 0.3) is 0 Å². The van der Waals surface area contributed by atoms with Crippen LogP contribution in [-0.2, 0) is 63.7 Å². The molecule has 60 heavy (non-hydrogen) atoms. The smallest absolute Gasteiger partial charge is 0.364 e. The second-order valence-electron chi connectivity index (χ2n) is 14.3. The predicted octanol–water partition coefficient (Wildman–Crippen LogP) is 8.45. The number of hydrogen-bond acceptors (Lipinski definition) is 15. The molecular weight excluding hydrogens is 883 g/mol. The van der Waals surface area contributed by atoms with Crippen LogP contribution < -0.4 is 17.1 Å². The van der Waals surface area contributed by atoms with Crippen LogP contribution in [0.15, 0.2) is 50.8 Å². The molecule has 0 radical (unpaired) electrons. The summed E-state index contributed by atoms with van der Waals surface area (Å²) in [5, 5.41) is -0.489. The molecule has 0 saturated heterocycles. The lowest BCUT2D eigenvalue weighted by Gasteiger charge is -2.15. The van der Waals surface area contributed by atoms with E-state index in [1.54, 1.807) is 0 Å². The SMILES string of the molecule is Cc1cc(C)c(CSOC(=S)OCCn2c(=O)n(CCOC(=S)OSCc3c(C)cc(C)cc3C)c(=O)n(CCOC(=S)OSCc3c(C)cc(C)cc3C)c2=O)c(C)c1. The number of thiocarbonyl (C=S) groups is 3. The van der Waals surface area contributed by atoms with Gasteiger partial charge < -0.3 is 26.8 Å². The van der Waals surface area contributed by atoms with E-state index in [2.05, 4.69) is 36.4 Å². The molecule has 4 aromatic rings. The standard InChI is InChI=1S/C42H51N3O9S6/c1-25-16-28(4)34(29(5)17-25)22-58-52-40(55)49-13-10-43-37(46)44(11-14-50-41(56)53-59-23-35-30(6)18-26(2)19-31(35)7)39(48)45(38(43)47)12-15-51-42(57)54-60-24-36-32(8)20-27(3)21-33(36)9/h16-21H,10-15,22-24H2,1-9H3. The molecule has 0 fully saturated rings. The van der Waals surface area contributed by atoms with Crippen LogP contribution in [0, 0.1) is 62.3 Å². The highest BCUT2D eigenvalue weighted by atomic mass is 32.2. The zero-order chi connectivity index (χ0) is 44.1. The van der Waals surface area contributed by atoms with Crippen LogP contribution in [0.2, 0.25) is 0 Å². The maximum Gasteiger partial charge on any atom is 0.364 e. The van der Waals surface area contributed by atoms with E-state index in [0.717, 1.165) is 99.9 Å². The second-order valence-corrected chi connectivity index (χ2v) is 17.3. The molecular formula is C42H51N3O9S6. The highest BCUT2D eigenvalue weighted by Crippen LogP contribution is 2.25. The number of benzene rings is 3. The van der Waals surface area contributed by atoms with Crippen molar-refractivity contribution in [2.75, 3.05) is 19.8 Å². The fourth-order valence-corrected chi connectivity index (χ4v) is 9.72. The van der Waals surface area contributed by atoms with E-state index in [4.69, 9.17) is 63.4 Å². The summed E-state index contributed by atoms with van der Waals surface area (Å²) in [6, 6.07) is 12.6. The predicted molar refractivity (Wildman–Crippen MR) is 254 cm³/mol. The van der Waals surface area contributed by atoms with Crippen molar-refractivity contribution in [3.05, 3.63) is 135 Å². The molecule has 0 saturated carbocycles. The average Bonchev–Trinajstić information content (AvgIpc) is 3.15. The fourth-order valence-electron chi connectivity index (χ4n) is 6.71. The molecule has 0 N–H and O–H groups in total. The van der Waals surface area contributed by atoms with Crippen molar-refractivity contribution >= 4 is 88.5 Å². The Morgan fingerprint density at radius 3 is 0.867 bits per heavy atom. The van der Waals surface area contributed by atoms with Gasteiger partial charge in [0.15, 0.2) is 0 Å². The minimum Gasteiger partial charge on any atom is -0.454 e.